The van der Waals surface area contributed by atoms with Gasteiger partial charge in [-0.15, -0.1) is 0 Å². The summed E-state index contributed by atoms with van der Waals surface area (Å²) in [5.41, 5.74) is 6.54. The fraction of sp³-hybridized carbons (Fsp3) is 0.833. The lowest BCUT2D eigenvalue weighted by Crippen LogP contribution is -2.42. The molecule has 2 N–H and O–H groups in total. The number of hydrogen-bond donors (Lipinski definition) is 2. The molecule has 0 radical (unpaired) electrons. The Morgan fingerprint density at radius 1 is 1.85 bits per heavy atom. The van der Waals surface area contributed by atoms with Crippen LogP contribution in [-0.2, 0) is 9.53 Å². The van der Waals surface area contributed by atoms with E-state index in [0.29, 0.717) is 0 Å². The van der Waals surface area contributed by atoms with Crippen molar-refractivity contribution in [2.24, 2.45) is 5.11 Å². The van der Waals surface area contributed by atoms with Crippen LogP contribution >= 0.6 is 0 Å². The second-order valence-electron chi connectivity index (χ2n) is 2.91. The van der Waals surface area contributed by atoms with Gasteiger partial charge >= 0.3 is 5.97 Å². The fourth-order valence-electron chi connectivity index (χ4n) is 1.13. The van der Waals surface area contributed by atoms with Crippen LogP contribution < -0.4 is 0 Å². The number of ether oxygens (including phenoxy) is 1. The molecule has 1 fully saturated rings. The van der Waals surface area contributed by atoms with E-state index in [1.807, 2.05) is 0 Å². The quantitative estimate of drug-likeness (QED) is 0.258. The van der Waals surface area contributed by atoms with Gasteiger partial charge in [-0.05, 0) is 12.5 Å². The zero-order valence-electron chi connectivity index (χ0n) is 6.91. The van der Waals surface area contributed by atoms with E-state index in [-0.39, 0.29) is 0 Å². The van der Waals surface area contributed by atoms with E-state index in [4.69, 9.17) is 10.6 Å². The van der Waals surface area contributed by atoms with Crippen molar-refractivity contribution in [3.63, 3.8) is 0 Å². The van der Waals surface area contributed by atoms with E-state index in [0.717, 1.165) is 0 Å². The van der Waals surface area contributed by atoms with Crippen molar-refractivity contribution in [2.45, 2.75) is 24.7 Å². The van der Waals surface area contributed by atoms with E-state index < -0.39 is 30.3 Å². The highest BCUT2D eigenvalue weighted by atomic mass is 16.6. The van der Waals surface area contributed by atoms with Gasteiger partial charge in [0.2, 0.25) is 0 Å². The van der Waals surface area contributed by atoms with Crippen molar-refractivity contribution in [3.8, 4) is 0 Å². The summed E-state index contributed by atoms with van der Waals surface area (Å²) in [6, 6.07) is 0. The molecule has 1 rings (SSSR count). The SMILES string of the molecule is C[C@]1(N=[N+]=[N-])C(=O)O[C@H](CO)[C@H]1O. The molecular formula is C6H9N3O4. The maximum atomic E-state index is 11.1. The zero-order valence-corrected chi connectivity index (χ0v) is 6.91. The van der Waals surface area contributed by atoms with Crippen molar-refractivity contribution in [1.82, 2.24) is 0 Å². The normalized spacial score (nSPS) is 38.2. The molecule has 7 nitrogen and oxygen atoms in total. The standard InChI is InChI=1S/C6H9N3O4/c1-6(8-9-7)4(11)3(2-10)13-5(6)12/h3-4,10-11H,2H2,1H3/t3-,4-,6-/m1/s1. The Balaban J connectivity index is 2.98. The molecule has 1 aliphatic heterocycles. The number of aliphatic hydroxyl groups is 2. The second kappa shape index (κ2) is 3.21. The van der Waals surface area contributed by atoms with Crippen molar-refractivity contribution in [2.75, 3.05) is 6.61 Å². The first-order valence-electron chi connectivity index (χ1n) is 3.62. The molecule has 0 unspecified atom stereocenters. The third-order valence-electron chi connectivity index (χ3n) is 2.03. The van der Waals surface area contributed by atoms with Crippen LogP contribution in [0.5, 0.6) is 0 Å². The Hall–Kier alpha value is -1.30. The van der Waals surface area contributed by atoms with Crippen LogP contribution in [0.4, 0.5) is 0 Å². The Bertz CT molecular complexity index is 275. The van der Waals surface area contributed by atoms with Crippen LogP contribution in [0.1, 0.15) is 6.92 Å². The van der Waals surface area contributed by atoms with E-state index in [2.05, 4.69) is 14.8 Å². The highest BCUT2D eigenvalue weighted by molar-refractivity contribution is 5.84. The molecule has 0 saturated carbocycles. The summed E-state index contributed by atoms with van der Waals surface area (Å²) in [6.07, 6.45) is -2.32. The summed E-state index contributed by atoms with van der Waals surface area (Å²) in [5, 5.41) is 21.3. The highest BCUT2D eigenvalue weighted by Gasteiger charge is 2.53. The minimum Gasteiger partial charge on any atom is -0.457 e. The number of carbonyl (C=O) groups is 1. The van der Waals surface area contributed by atoms with Gasteiger partial charge in [0.1, 0.15) is 6.10 Å². The summed E-state index contributed by atoms with van der Waals surface area (Å²) in [5.74, 6) is -0.822. The molecule has 3 atom stereocenters. The number of carbonyl (C=O) groups excluding carboxylic acids is 1. The van der Waals surface area contributed by atoms with Gasteiger partial charge in [-0.2, -0.15) is 0 Å². The summed E-state index contributed by atoms with van der Waals surface area (Å²) >= 11 is 0. The maximum Gasteiger partial charge on any atom is 0.321 e. The van der Waals surface area contributed by atoms with Gasteiger partial charge in [0, 0.05) is 4.91 Å². The van der Waals surface area contributed by atoms with Crippen LogP contribution in [0, 0.1) is 0 Å². The molecule has 0 aliphatic carbocycles. The monoisotopic (exact) mass is 187 g/mol. The summed E-state index contributed by atoms with van der Waals surface area (Å²) in [4.78, 5) is 13.5. The molecular weight excluding hydrogens is 178 g/mol. The van der Waals surface area contributed by atoms with Crippen LogP contribution in [0.3, 0.4) is 0 Å². The zero-order chi connectivity index (χ0) is 10.1. The van der Waals surface area contributed by atoms with Gasteiger partial charge in [0.15, 0.2) is 11.6 Å². The van der Waals surface area contributed by atoms with Gasteiger partial charge in [-0.25, -0.2) is 0 Å². The molecule has 0 aromatic carbocycles. The van der Waals surface area contributed by atoms with Crippen LogP contribution in [0.2, 0.25) is 0 Å². The smallest absolute Gasteiger partial charge is 0.321 e. The Kier molecular flexibility index (Phi) is 2.42. The Morgan fingerprint density at radius 2 is 2.46 bits per heavy atom. The molecule has 0 amide bonds. The second-order valence-corrected chi connectivity index (χ2v) is 2.91. The van der Waals surface area contributed by atoms with Crippen LogP contribution in [0.15, 0.2) is 5.11 Å². The van der Waals surface area contributed by atoms with Gasteiger partial charge in [-0.3, -0.25) is 4.79 Å². The van der Waals surface area contributed by atoms with E-state index >= 15 is 0 Å². The summed E-state index contributed by atoms with van der Waals surface area (Å²) in [6.45, 7) is 0.763. The Labute approximate surface area is 73.6 Å². The minimum atomic E-state index is -1.62. The van der Waals surface area contributed by atoms with Gasteiger partial charge < -0.3 is 14.9 Å². The third kappa shape index (κ3) is 1.33. The maximum absolute atomic E-state index is 11.1. The molecule has 0 spiro atoms. The Morgan fingerprint density at radius 3 is 2.85 bits per heavy atom. The molecule has 13 heavy (non-hydrogen) atoms. The van der Waals surface area contributed by atoms with Crippen molar-refractivity contribution >= 4 is 5.97 Å². The first-order valence-corrected chi connectivity index (χ1v) is 3.62. The van der Waals surface area contributed by atoms with E-state index in [1.165, 1.54) is 6.92 Å². The van der Waals surface area contributed by atoms with Crippen molar-refractivity contribution in [1.29, 1.82) is 0 Å². The lowest BCUT2D eigenvalue weighted by molar-refractivity contribution is -0.146. The number of cyclic esters (lactones) is 1. The average Bonchev–Trinajstić information content (AvgIpc) is 2.31. The van der Waals surface area contributed by atoms with Crippen molar-refractivity contribution in [3.05, 3.63) is 10.4 Å². The summed E-state index contributed by atoms with van der Waals surface area (Å²) in [7, 11) is 0. The predicted molar refractivity (Wildman–Crippen MR) is 40.5 cm³/mol. The van der Waals surface area contributed by atoms with Gasteiger partial charge in [0.05, 0.1) is 6.61 Å². The molecule has 0 aromatic heterocycles. The molecule has 0 aromatic rings. The molecule has 1 saturated heterocycles. The van der Waals surface area contributed by atoms with Gasteiger partial charge in [-0.1, -0.05) is 5.11 Å². The number of nitrogens with zero attached hydrogens (tertiary/aromatic N) is 3. The lowest BCUT2D eigenvalue weighted by atomic mass is 9.96. The number of esters is 1. The molecule has 72 valence electrons. The van der Waals surface area contributed by atoms with Gasteiger partial charge in [0.25, 0.3) is 0 Å². The molecule has 1 heterocycles. The molecule has 0 bridgehead atoms. The number of hydrogen-bond acceptors (Lipinski definition) is 5. The average molecular weight is 187 g/mol. The summed E-state index contributed by atoms with van der Waals surface area (Å²) < 4.78 is 4.59. The van der Waals surface area contributed by atoms with Crippen molar-refractivity contribution < 1.29 is 19.7 Å². The largest absolute Gasteiger partial charge is 0.457 e. The topological polar surface area (TPSA) is 116 Å². The first kappa shape index (κ1) is 9.79. The fourth-order valence-corrected chi connectivity index (χ4v) is 1.13. The number of aliphatic hydroxyl groups excluding tert-OH is 2. The number of rotatable bonds is 2. The first-order chi connectivity index (χ1) is 6.06. The minimum absolute atomic E-state index is 0.497. The lowest BCUT2D eigenvalue weighted by Gasteiger charge is -2.17. The van der Waals surface area contributed by atoms with E-state index in [1.54, 1.807) is 0 Å². The highest BCUT2D eigenvalue weighted by Crippen LogP contribution is 2.29. The number of azide groups is 1. The predicted octanol–water partition coefficient (Wildman–Crippen LogP) is -0.666. The van der Waals surface area contributed by atoms with Crippen LogP contribution in [-0.4, -0.2) is 40.5 Å². The van der Waals surface area contributed by atoms with E-state index in [9.17, 15) is 9.90 Å². The molecule has 1 aliphatic rings. The third-order valence-corrected chi connectivity index (χ3v) is 2.03. The molecule has 7 heteroatoms. The van der Waals surface area contributed by atoms with Crippen LogP contribution in [0.25, 0.3) is 10.4 Å².